The minimum atomic E-state index is -0.498. The molecule has 4 aromatic rings. The second kappa shape index (κ2) is 6.86. The molecule has 4 aromatic heterocycles. The Hall–Kier alpha value is -4.02. The molecule has 0 atom stereocenters. The standard InChI is InChI=1S/C18H17N9O2/c28-15-13(23-18(29)25-15)7-10-8-21-27-14(10)24-16(26-17(27)22-11-4-5-11)20-9-12-3-1-2-6-19-12/h1-3,6-8,11,28H,4-5,9H2,(H,20,22,26)(H2,23,25,29)/b10-7-. The minimum absolute atomic E-state index is 0.243. The maximum Gasteiger partial charge on any atom is 0.326 e. The number of H-pyrrole nitrogens is 2. The van der Waals surface area contributed by atoms with Crippen LogP contribution in [0.1, 0.15) is 24.2 Å². The molecule has 11 heteroatoms. The van der Waals surface area contributed by atoms with Gasteiger partial charge in [-0.1, -0.05) is 6.07 Å². The zero-order chi connectivity index (χ0) is 19.8. The third kappa shape index (κ3) is 3.57. The predicted molar refractivity (Wildman–Crippen MR) is 103 cm³/mol. The van der Waals surface area contributed by atoms with Crippen molar-refractivity contribution in [3.05, 3.63) is 63.3 Å². The zero-order valence-corrected chi connectivity index (χ0v) is 15.2. The largest absolute Gasteiger partial charge is 0.493 e. The van der Waals surface area contributed by atoms with E-state index in [0.29, 0.717) is 29.0 Å². The molecule has 1 aliphatic rings. The van der Waals surface area contributed by atoms with Crippen LogP contribution in [0.3, 0.4) is 0 Å². The van der Waals surface area contributed by atoms with E-state index >= 15 is 0 Å². The molecule has 4 heterocycles. The maximum atomic E-state index is 11.4. The van der Waals surface area contributed by atoms with Gasteiger partial charge in [0.2, 0.25) is 11.8 Å². The number of pyridine rings is 1. The molecule has 1 aliphatic carbocycles. The van der Waals surface area contributed by atoms with Crippen molar-refractivity contribution in [2.45, 2.75) is 25.4 Å². The highest BCUT2D eigenvalue weighted by Gasteiger charge is 2.21. The molecule has 0 aliphatic heterocycles. The first-order valence-electron chi connectivity index (χ1n) is 9.12. The number of nitrogens with one attached hydrogen (secondary N) is 3. The van der Waals surface area contributed by atoms with Crippen LogP contribution in [0, 0.1) is 0 Å². The summed E-state index contributed by atoms with van der Waals surface area (Å²) in [5.41, 5.74) is 1.55. The number of aromatic hydroxyl groups is 1. The summed E-state index contributed by atoms with van der Waals surface area (Å²) in [5.74, 6) is 0.143. The number of imidazole rings is 1. The summed E-state index contributed by atoms with van der Waals surface area (Å²) in [6, 6.07) is 5.92. The van der Waals surface area contributed by atoms with Gasteiger partial charge in [0.15, 0.2) is 5.65 Å². The fourth-order valence-corrected chi connectivity index (χ4v) is 2.83. The van der Waals surface area contributed by atoms with Crippen molar-refractivity contribution in [2.24, 2.45) is 4.99 Å². The molecule has 0 amide bonds. The van der Waals surface area contributed by atoms with E-state index in [0.717, 1.165) is 18.5 Å². The van der Waals surface area contributed by atoms with E-state index in [2.05, 4.69) is 40.3 Å². The van der Waals surface area contributed by atoms with Crippen LogP contribution in [0.2, 0.25) is 0 Å². The number of nitrogens with zero attached hydrogens (tertiary/aromatic N) is 6. The predicted octanol–water partition coefficient (Wildman–Crippen LogP) is -0.536. The molecule has 11 nitrogen and oxygen atoms in total. The van der Waals surface area contributed by atoms with Gasteiger partial charge in [-0.25, -0.2) is 9.79 Å². The summed E-state index contributed by atoms with van der Waals surface area (Å²) in [5, 5.41) is 17.9. The minimum Gasteiger partial charge on any atom is -0.493 e. The van der Waals surface area contributed by atoms with Gasteiger partial charge in [0.05, 0.1) is 24.5 Å². The Kier molecular flexibility index (Phi) is 4.04. The summed E-state index contributed by atoms with van der Waals surface area (Å²) in [6.45, 7) is 0.457. The van der Waals surface area contributed by atoms with Crippen LogP contribution in [0.25, 0.3) is 11.7 Å². The lowest BCUT2D eigenvalue weighted by Gasteiger charge is -2.04. The molecule has 1 fully saturated rings. The maximum absolute atomic E-state index is 11.4. The molecule has 0 aromatic carbocycles. The first-order chi connectivity index (χ1) is 14.2. The van der Waals surface area contributed by atoms with Crippen molar-refractivity contribution in [2.75, 3.05) is 5.32 Å². The van der Waals surface area contributed by atoms with Gasteiger partial charge >= 0.3 is 5.69 Å². The molecule has 0 unspecified atom stereocenters. The fraction of sp³-hybridized carbons (Fsp3) is 0.222. The van der Waals surface area contributed by atoms with Crippen molar-refractivity contribution in [1.82, 2.24) is 34.5 Å². The molecule has 0 bridgehead atoms. The van der Waals surface area contributed by atoms with Crippen molar-refractivity contribution < 1.29 is 5.11 Å². The molecule has 146 valence electrons. The Morgan fingerprint density at radius 1 is 1.31 bits per heavy atom. The third-order valence-corrected chi connectivity index (χ3v) is 4.41. The zero-order valence-electron chi connectivity index (χ0n) is 15.2. The van der Waals surface area contributed by atoms with Crippen molar-refractivity contribution in [3.8, 4) is 5.88 Å². The lowest BCUT2D eigenvalue weighted by atomic mass is 10.3. The Balaban J connectivity index is 1.61. The average Bonchev–Trinajstić information content (AvgIpc) is 3.36. The summed E-state index contributed by atoms with van der Waals surface area (Å²) < 4.78 is 1.55. The quantitative estimate of drug-likeness (QED) is 0.357. The SMILES string of the molecule is O=c1[nH]c(O)c(/C=c2/cnn3c(=NC4CC4)nc(NCc4ccccn4)nc23)[nH]1. The first-order valence-corrected chi connectivity index (χ1v) is 9.12. The van der Waals surface area contributed by atoms with E-state index in [1.807, 2.05) is 18.2 Å². The molecule has 1 saturated carbocycles. The molecular formula is C18H17N9O2. The van der Waals surface area contributed by atoms with Crippen molar-refractivity contribution in [1.29, 1.82) is 0 Å². The van der Waals surface area contributed by atoms with Crippen LogP contribution in [-0.2, 0) is 6.54 Å². The van der Waals surface area contributed by atoms with Crippen LogP contribution in [0.4, 0.5) is 5.95 Å². The highest BCUT2D eigenvalue weighted by atomic mass is 16.3. The van der Waals surface area contributed by atoms with Gasteiger partial charge in [0.1, 0.15) is 5.69 Å². The van der Waals surface area contributed by atoms with Gasteiger partial charge in [-0.2, -0.15) is 19.6 Å². The molecule has 0 saturated heterocycles. The summed E-state index contributed by atoms with van der Waals surface area (Å²) in [4.78, 5) is 34.1. The van der Waals surface area contributed by atoms with Crippen LogP contribution < -0.4 is 21.8 Å². The van der Waals surface area contributed by atoms with Gasteiger partial charge in [0, 0.05) is 11.4 Å². The first kappa shape index (κ1) is 17.1. The number of anilines is 1. The Morgan fingerprint density at radius 3 is 2.93 bits per heavy atom. The van der Waals surface area contributed by atoms with Gasteiger partial charge in [-0.3, -0.25) is 9.97 Å². The van der Waals surface area contributed by atoms with Crippen LogP contribution in [0.15, 0.2) is 40.4 Å². The van der Waals surface area contributed by atoms with E-state index in [1.54, 1.807) is 23.0 Å². The van der Waals surface area contributed by atoms with E-state index in [-0.39, 0.29) is 17.6 Å². The summed E-state index contributed by atoms with van der Waals surface area (Å²) >= 11 is 0. The second-order valence-corrected chi connectivity index (χ2v) is 6.70. The summed E-state index contributed by atoms with van der Waals surface area (Å²) in [7, 11) is 0. The van der Waals surface area contributed by atoms with E-state index < -0.39 is 5.69 Å². The Morgan fingerprint density at radius 2 is 2.21 bits per heavy atom. The van der Waals surface area contributed by atoms with Gasteiger partial charge in [0.25, 0.3) is 5.62 Å². The number of aromatic amines is 2. The third-order valence-electron chi connectivity index (χ3n) is 4.41. The Bertz CT molecular complexity index is 1350. The van der Waals surface area contributed by atoms with Crippen LogP contribution in [-0.4, -0.2) is 45.7 Å². The van der Waals surface area contributed by atoms with E-state index in [9.17, 15) is 9.90 Å². The number of rotatable bonds is 5. The molecule has 0 radical (unpaired) electrons. The van der Waals surface area contributed by atoms with E-state index in [4.69, 9.17) is 0 Å². The van der Waals surface area contributed by atoms with Gasteiger partial charge in [-0.05, 0) is 31.1 Å². The molecule has 0 spiro atoms. The van der Waals surface area contributed by atoms with E-state index in [1.165, 1.54) is 0 Å². The highest BCUT2D eigenvalue weighted by Crippen LogP contribution is 2.22. The monoisotopic (exact) mass is 391 g/mol. The van der Waals surface area contributed by atoms with Crippen molar-refractivity contribution >= 4 is 17.7 Å². The van der Waals surface area contributed by atoms with Gasteiger partial charge < -0.3 is 15.4 Å². The van der Waals surface area contributed by atoms with Crippen LogP contribution >= 0.6 is 0 Å². The molecule has 5 rings (SSSR count). The fourth-order valence-electron chi connectivity index (χ4n) is 2.83. The molecule has 29 heavy (non-hydrogen) atoms. The normalized spacial score (nSPS) is 15.3. The van der Waals surface area contributed by atoms with Gasteiger partial charge in [-0.15, -0.1) is 0 Å². The highest BCUT2D eigenvalue weighted by molar-refractivity contribution is 5.57. The number of hydrogen-bond acceptors (Lipinski definition) is 8. The smallest absolute Gasteiger partial charge is 0.326 e. The number of hydrogen-bond donors (Lipinski definition) is 4. The molecule has 4 N–H and O–H groups in total. The lowest BCUT2D eigenvalue weighted by Crippen LogP contribution is -2.24. The summed E-state index contributed by atoms with van der Waals surface area (Å²) in [6.07, 6.45) is 6.96. The topological polar surface area (TPSA) is 149 Å². The van der Waals surface area contributed by atoms with Crippen molar-refractivity contribution in [3.63, 3.8) is 0 Å². The lowest BCUT2D eigenvalue weighted by molar-refractivity contribution is 0.454. The Labute approximate surface area is 162 Å². The second-order valence-electron chi connectivity index (χ2n) is 6.70. The van der Waals surface area contributed by atoms with Crippen LogP contribution in [0.5, 0.6) is 5.88 Å². The number of aromatic nitrogens is 7. The molecular weight excluding hydrogens is 374 g/mol. The number of fused-ring (bicyclic) bond motifs is 1. The average molecular weight is 391 g/mol.